The van der Waals surface area contributed by atoms with Crippen LogP contribution in [0.15, 0.2) is 35.4 Å². The third-order valence-electron chi connectivity index (χ3n) is 3.29. The van der Waals surface area contributed by atoms with Gasteiger partial charge in [-0.25, -0.2) is 5.43 Å². The summed E-state index contributed by atoms with van der Waals surface area (Å²) in [4.78, 5) is 22.5. The molecule has 26 heavy (non-hydrogen) atoms. The second kappa shape index (κ2) is 8.47. The van der Waals surface area contributed by atoms with Gasteiger partial charge in [-0.2, -0.15) is 5.10 Å². The highest BCUT2D eigenvalue weighted by molar-refractivity contribution is 14.1. The summed E-state index contributed by atoms with van der Waals surface area (Å²) < 4.78 is 10.6. The average molecular weight is 471 g/mol. The van der Waals surface area contributed by atoms with Gasteiger partial charge < -0.3 is 14.6 Å². The predicted octanol–water partition coefficient (Wildman–Crippen LogP) is 2.69. The van der Waals surface area contributed by atoms with Crippen LogP contribution in [-0.2, 0) is 0 Å². The zero-order valence-corrected chi connectivity index (χ0v) is 15.9. The summed E-state index contributed by atoms with van der Waals surface area (Å²) in [6, 6.07) is 6.87. The molecule has 136 valence electrons. The molecule has 0 atom stereocenters. The van der Waals surface area contributed by atoms with Crippen molar-refractivity contribution in [2.45, 2.75) is 0 Å². The number of nitro benzene ring substituents is 1. The maximum absolute atomic E-state index is 12.2. The third-order valence-corrected chi connectivity index (χ3v) is 4.11. The number of ether oxygens (including phenoxy) is 2. The quantitative estimate of drug-likeness (QED) is 0.289. The van der Waals surface area contributed by atoms with Gasteiger partial charge in [0.05, 0.1) is 34.5 Å². The van der Waals surface area contributed by atoms with E-state index in [9.17, 15) is 20.0 Å². The normalized spacial score (nSPS) is 10.6. The van der Waals surface area contributed by atoms with Crippen molar-refractivity contribution in [3.63, 3.8) is 0 Å². The van der Waals surface area contributed by atoms with Gasteiger partial charge in [-0.15, -0.1) is 0 Å². The van der Waals surface area contributed by atoms with Crippen LogP contribution in [0.1, 0.15) is 15.9 Å². The first-order valence-electron chi connectivity index (χ1n) is 7.09. The molecule has 0 aliphatic rings. The molecule has 9 nitrogen and oxygen atoms in total. The van der Waals surface area contributed by atoms with E-state index in [1.807, 2.05) is 22.6 Å². The molecule has 0 aliphatic carbocycles. The Morgan fingerprint density at radius 2 is 1.96 bits per heavy atom. The maximum Gasteiger partial charge on any atom is 0.275 e. The standard InChI is InChI=1S/C16H14IN3O6/c1-25-13-4-3-10(20(23)24)7-11(13)16(22)19-18-8-9-5-12(17)15(21)14(6-9)26-2/h3-8,21H,1-2H3,(H,19,22)/b18-8+. The Bertz CT molecular complexity index is 885. The molecule has 0 aliphatic heterocycles. The number of rotatable bonds is 6. The van der Waals surface area contributed by atoms with Crippen molar-refractivity contribution in [2.75, 3.05) is 14.2 Å². The summed E-state index contributed by atoms with van der Waals surface area (Å²) in [5.41, 5.74) is 2.61. The highest BCUT2D eigenvalue weighted by Crippen LogP contribution is 2.31. The van der Waals surface area contributed by atoms with Gasteiger partial charge >= 0.3 is 0 Å². The van der Waals surface area contributed by atoms with Gasteiger partial charge in [0.25, 0.3) is 11.6 Å². The van der Waals surface area contributed by atoms with Crippen molar-refractivity contribution in [2.24, 2.45) is 5.10 Å². The summed E-state index contributed by atoms with van der Waals surface area (Å²) in [6.07, 6.45) is 1.35. The number of hydrogen-bond acceptors (Lipinski definition) is 7. The van der Waals surface area contributed by atoms with E-state index in [1.54, 1.807) is 12.1 Å². The molecule has 0 saturated heterocycles. The lowest BCUT2D eigenvalue weighted by atomic mass is 10.1. The van der Waals surface area contributed by atoms with Crippen LogP contribution in [-0.4, -0.2) is 36.4 Å². The number of hydrazone groups is 1. The summed E-state index contributed by atoms with van der Waals surface area (Å²) in [5.74, 6) is -0.202. The fraction of sp³-hybridized carbons (Fsp3) is 0.125. The van der Waals surface area contributed by atoms with Crippen LogP contribution in [0.4, 0.5) is 5.69 Å². The second-order valence-electron chi connectivity index (χ2n) is 4.89. The van der Waals surface area contributed by atoms with Gasteiger partial charge in [-0.05, 0) is 46.4 Å². The fourth-order valence-electron chi connectivity index (χ4n) is 2.04. The van der Waals surface area contributed by atoms with E-state index in [2.05, 4.69) is 10.5 Å². The molecule has 10 heteroatoms. The first-order chi connectivity index (χ1) is 12.4. The zero-order valence-electron chi connectivity index (χ0n) is 13.7. The van der Waals surface area contributed by atoms with E-state index < -0.39 is 10.8 Å². The number of nitro groups is 1. The van der Waals surface area contributed by atoms with Gasteiger partial charge in [0.2, 0.25) is 0 Å². The Labute approximate surface area is 161 Å². The fourth-order valence-corrected chi connectivity index (χ4v) is 2.66. The van der Waals surface area contributed by atoms with E-state index in [4.69, 9.17) is 9.47 Å². The molecular weight excluding hydrogens is 457 g/mol. The first-order valence-corrected chi connectivity index (χ1v) is 8.17. The number of phenols is 1. The molecular formula is C16H14IN3O6. The Kier molecular flexibility index (Phi) is 6.33. The Balaban J connectivity index is 2.21. The Morgan fingerprint density at radius 3 is 2.58 bits per heavy atom. The van der Waals surface area contributed by atoms with Crippen LogP contribution in [0.2, 0.25) is 0 Å². The molecule has 2 rings (SSSR count). The smallest absolute Gasteiger partial charge is 0.275 e. The number of carbonyl (C=O) groups excluding carboxylic acids is 1. The number of aromatic hydroxyl groups is 1. The molecule has 0 fully saturated rings. The number of amides is 1. The van der Waals surface area contributed by atoms with Crippen LogP contribution in [0.5, 0.6) is 17.2 Å². The number of phenolic OH excluding ortho intramolecular Hbond substituents is 1. The molecule has 0 unspecified atom stereocenters. The predicted molar refractivity (Wildman–Crippen MR) is 102 cm³/mol. The number of non-ortho nitro benzene ring substituents is 1. The molecule has 2 aromatic carbocycles. The number of hydrogen-bond donors (Lipinski definition) is 2. The molecule has 0 saturated carbocycles. The minimum absolute atomic E-state index is 0.00983. The van der Waals surface area contributed by atoms with Crippen molar-refractivity contribution >= 4 is 40.4 Å². The van der Waals surface area contributed by atoms with Crippen LogP contribution >= 0.6 is 22.6 Å². The number of carbonyl (C=O) groups is 1. The first kappa shape index (κ1) is 19.4. The van der Waals surface area contributed by atoms with E-state index in [0.717, 1.165) is 6.07 Å². The summed E-state index contributed by atoms with van der Waals surface area (Å²) in [7, 11) is 2.77. The monoisotopic (exact) mass is 471 g/mol. The van der Waals surface area contributed by atoms with Crippen LogP contribution in [0, 0.1) is 13.7 Å². The van der Waals surface area contributed by atoms with Crippen molar-refractivity contribution in [3.05, 3.63) is 55.1 Å². The average Bonchev–Trinajstić information content (AvgIpc) is 2.63. The van der Waals surface area contributed by atoms with Gasteiger partial charge in [-0.1, -0.05) is 0 Å². The van der Waals surface area contributed by atoms with Crippen molar-refractivity contribution < 1.29 is 24.3 Å². The Morgan fingerprint density at radius 1 is 1.27 bits per heavy atom. The molecule has 0 heterocycles. The summed E-state index contributed by atoms with van der Waals surface area (Å²) >= 11 is 1.93. The van der Waals surface area contributed by atoms with Crippen molar-refractivity contribution in [1.29, 1.82) is 0 Å². The number of nitrogens with zero attached hydrogens (tertiary/aromatic N) is 2. The minimum Gasteiger partial charge on any atom is -0.504 e. The van der Waals surface area contributed by atoms with Gasteiger partial charge in [0, 0.05) is 12.1 Å². The highest BCUT2D eigenvalue weighted by Gasteiger charge is 2.17. The molecule has 0 aromatic heterocycles. The highest BCUT2D eigenvalue weighted by atomic mass is 127. The largest absolute Gasteiger partial charge is 0.504 e. The van der Waals surface area contributed by atoms with Gasteiger partial charge in [0.1, 0.15) is 5.75 Å². The molecule has 0 spiro atoms. The van der Waals surface area contributed by atoms with Gasteiger partial charge in [0.15, 0.2) is 11.5 Å². The van der Waals surface area contributed by atoms with Gasteiger partial charge in [-0.3, -0.25) is 14.9 Å². The lowest BCUT2D eigenvalue weighted by molar-refractivity contribution is -0.384. The molecule has 0 bridgehead atoms. The number of nitrogens with one attached hydrogen (secondary N) is 1. The van der Waals surface area contributed by atoms with Crippen molar-refractivity contribution in [3.8, 4) is 17.2 Å². The number of methoxy groups -OCH3 is 2. The molecule has 1 amide bonds. The molecule has 0 radical (unpaired) electrons. The van der Waals surface area contributed by atoms with Crippen LogP contribution in [0.25, 0.3) is 0 Å². The summed E-state index contributed by atoms with van der Waals surface area (Å²) in [6.45, 7) is 0. The van der Waals surface area contributed by atoms with E-state index in [-0.39, 0.29) is 28.5 Å². The maximum atomic E-state index is 12.2. The van der Waals surface area contributed by atoms with E-state index in [0.29, 0.717) is 9.13 Å². The third kappa shape index (κ3) is 4.39. The minimum atomic E-state index is -0.665. The molecule has 2 N–H and O–H groups in total. The van der Waals surface area contributed by atoms with E-state index >= 15 is 0 Å². The van der Waals surface area contributed by atoms with Crippen molar-refractivity contribution in [1.82, 2.24) is 5.43 Å². The van der Waals surface area contributed by atoms with Crippen LogP contribution in [0.3, 0.4) is 0 Å². The second-order valence-corrected chi connectivity index (χ2v) is 6.06. The molecule has 2 aromatic rings. The summed E-state index contributed by atoms with van der Waals surface area (Å²) in [5, 5.41) is 24.5. The topological polar surface area (TPSA) is 123 Å². The lowest BCUT2D eigenvalue weighted by Gasteiger charge is -2.07. The van der Waals surface area contributed by atoms with E-state index in [1.165, 1.54) is 32.6 Å². The number of benzene rings is 2. The number of halogens is 1. The lowest BCUT2D eigenvalue weighted by Crippen LogP contribution is -2.18. The Hall–Kier alpha value is -2.89. The SMILES string of the molecule is COc1ccc([N+](=O)[O-])cc1C(=O)N/N=C/c1cc(I)c(O)c(OC)c1. The van der Waals surface area contributed by atoms with Crippen LogP contribution < -0.4 is 14.9 Å². The zero-order chi connectivity index (χ0) is 19.3.